The van der Waals surface area contributed by atoms with Gasteiger partial charge in [0.2, 0.25) is 0 Å². The molecule has 0 radical (unpaired) electrons. The Hall–Kier alpha value is -0.540. The van der Waals surface area contributed by atoms with Crippen LogP contribution < -0.4 is 10.6 Å². The van der Waals surface area contributed by atoms with Crippen molar-refractivity contribution in [3.63, 3.8) is 0 Å². The fourth-order valence-corrected chi connectivity index (χ4v) is 3.94. The van der Waals surface area contributed by atoms with E-state index in [-0.39, 0.29) is 0 Å². The molecule has 2 aliphatic heterocycles. The highest BCUT2D eigenvalue weighted by molar-refractivity contribution is 9.10. The third kappa shape index (κ3) is 1.97. The summed E-state index contributed by atoms with van der Waals surface area (Å²) in [5, 5.41) is 0. The van der Waals surface area contributed by atoms with Crippen LogP contribution in [0.4, 0.5) is 5.69 Å². The molecule has 2 N–H and O–H groups in total. The lowest BCUT2D eigenvalue weighted by molar-refractivity contribution is 0.414. The number of rotatable bonds is 1. The van der Waals surface area contributed by atoms with Gasteiger partial charge in [-0.2, -0.15) is 0 Å². The molecule has 98 valence electrons. The SMILES string of the molecule is Cc1cc(N2C3CCC2CC(N)C3)cc(C)c1Br. The molecule has 3 heteroatoms. The Morgan fingerprint density at radius 3 is 2.11 bits per heavy atom. The maximum atomic E-state index is 6.15. The highest BCUT2D eigenvalue weighted by Gasteiger charge is 2.39. The van der Waals surface area contributed by atoms with Gasteiger partial charge in [-0.1, -0.05) is 15.9 Å². The summed E-state index contributed by atoms with van der Waals surface area (Å²) in [7, 11) is 0. The summed E-state index contributed by atoms with van der Waals surface area (Å²) in [4.78, 5) is 2.63. The van der Waals surface area contributed by atoms with Crippen LogP contribution in [-0.4, -0.2) is 18.1 Å². The predicted molar refractivity (Wildman–Crippen MR) is 80.1 cm³/mol. The Labute approximate surface area is 118 Å². The van der Waals surface area contributed by atoms with E-state index in [1.807, 2.05) is 0 Å². The molecule has 1 aromatic rings. The molecule has 2 saturated heterocycles. The molecule has 2 bridgehead atoms. The van der Waals surface area contributed by atoms with Gasteiger partial charge in [-0.25, -0.2) is 0 Å². The molecule has 0 saturated carbocycles. The van der Waals surface area contributed by atoms with E-state index in [0.717, 1.165) is 12.8 Å². The molecular formula is C15H21BrN2. The molecule has 2 nitrogen and oxygen atoms in total. The van der Waals surface area contributed by atoms with Crippen LogP contribution in [0, 0.1) is 13.8 Å². The van der Waals surface area contributed by atoms with Gasteiger partial charge in [-0.15, -0.1) is 0 Å². The standard InChI is InChI=1S/C15H21BrN2/c1-9-5-14(6-10(2)15(9)16)18-12-3-4-13(18)8-11(17)7-12/h5-6,11-13H,3-4,7-8,17H2,1-2H3. The summed E-state index contributed by atoms with van der Waals surface area (Å²) < 4.78 is 1.24. The number of nitrogens with zero attached hydrogens (tertiary/aromatic N) is 1. The van der Waals surface area contributed by atoms with Crippen LogP contribution in [0.15, 0.2) is 16.6 Å². The summed E-state index contributed by atoms with van der Waals surface area (Å²) >= 11 is 3.65. The minimum atomic E-state index is 0.413. The fourth-order valence-electron chi connectivity index (χ4n) is 3.71. The lowest BCUT2D eigenvalue weighted by atomic mass is 9.96. The quantitative estimate of drug-likeness (QED) is 0.860. The summed E-state index contributed by atoms with van der Waals surface area (Å²) in [6.07, 6.45) is 4.94. The highest BCUT2D eigenvalue weighted by atomic mass is 79.9. The lowest BCUT2D eigenvalue weighted by Gasteiger charge is -2.40. The lowest BCUT2D eigenvalue weighted by Crippen LogP contribution is -2.47. The van der Waals surface area contributed by atoms with Crippen LogP contribution in [0.5, 0.6) is 0 Å². The minimum Gasteiger partial charge on any atom is -0.365 e. The van der Waals surface area contributed by atoms with E-state index in [1.165, 1.54) is 34.1 Å². The van der Waals surface area contributed by atoms with Gasteiger partial charge in [0.15, 0.2) is 0 Å². The average molecular weight is 309 g/mol. The highest BCUT2D eigenvalue weighted by Crippen LogP contribution is 2.40. The zero-order valence-corrected chi connectivity index (χ0v) is 12.7. The first-order valence-electron chi connectivity index (χ1n) is 6.87. The van der Waals surface area contributed by atoms with E-state index >= 15 is 0 Å². The number of hydrogen-bond donors (Lipinski definition) is 1. The Kier molecular flexibility index (Phi) is 3.15. The van der Waals surface area contributed by atoms with Crippen molar-refractivity contribution in [1.29, 1.82) is 0 Å². The van der Waals surface area contributed by atoms with Crippen LogP contribution in [0.3, 0.4) is 0 Å². The molecule has 2 heterocycles. The van der Waals surface area contributed by atoms with E-state index in [9.17, 15) is 0 Å². The van der Waals surface area contributed by atoms with Gasteiger partial charge in [0.1, 0.15) is 0 Å². The van der Waals surface area contributed by atoms with Gasteiger partial charge in [-0.3, -0.25) is 0 Å². The number of hydrogen-bond acceptors (Lipinski definition) is 2. The van der Waals surface area contributed by atoms with Gasteiger partial charge in [-0.05, 0) is 62.8 Å². The molecule has 2 atom stereocenters. The molecule has 0 amide bonds. The third-order valence-electron chi connectivity index (χ3n) is 4.49. The number of piperidine rings is 1. The van der Waals surface area contributed by atoms with Crippen molar-refractivity contribution in [3.05, 3.63) is 27.7 Å². The second-order valence-electron chi connectivity index (χ2n) is 5.92. The van der Waals surface area contributed by atoms with Gasteiger partial charge in [0.05, 0.1) is 0 Å². The van der Waals surface area contributed by atoms with E-state index in [0.29, 0.717) is 18.1 Å². The van der Waals surface area contributed by atoms with Crippen molar-refractivity contribution in [1.82, 2.24) is 0 Å². The van der Waals surface area contributed by atoms with Crippen LogP contribution >= 0.6 is 15.9 Å². The first-order valence-corrected chi connectivity index (χ1v) is 7.66. The second-order valence-corrected chi connectivity index (χ2v) is 6.71. The first kappa shape index (κ1) is 12.5. The average Bonchev–Trinajstić information content (AvgIpc) is 2.58. The van der Waals surface area contributed by atoms with Crippen LogP contribution in [0.1, 0.15) is 36.8 Å². The van der Waals surface area contributed by atoms with Crippen molar-refractivity contribution in [2.75, 3.05) is 4.90 Å². The number of nitrogens with two attached hydrogens (primary N) is 1. The van der Waals surface area contributed by atoms with Crippen LogP contribution in [0.2, 0.25) is 0 Å². The second kappa shape index (κ2) is 4.53. The molecule has 18 heavy (non-hydrogen) atoms. The Bertz CT molecular complexity index is 435. The molecule has 2 unspecified atom stereocenters. The molecular weight excluding hydrogens is 288 g/mol. The van der Waals surface area contributed by atoms with Crippen molar-refractivity contribution in [2.45, 2.75) is 57.7 Å². The summed E-state index contributed by atoms with van der Waals surface area (Å²) in [6.45, 7) is 4.36. The predicted octanol–water partition coefficient (Wildman–Crippen LogP) is 3.52. The largest absolute Gasteiger partial charge is 0.365 e. The first-order chi connectivity index (χ1) is 8.56. The van der Waals surface area contributed by atoms with E-state index < -0.39 is 0 Å². The number of benzene rings is 1. The van der Waals surface area contributed by atoms with E-state index in [2.05, 4.69) is 46.8 Å². The molecule has 0 spiro atoms. The maximum Gasteiger partial charge on any atom is 0.0377 e. The van der Waals surface area contributed by atoms with Crippen molar-refractivity contribution < 1.29 is 0 Å². The third-order valence-corrected chi connectivity index (χ3v) is 5.74. The summed E-state index contributed by atoms with van der Waals surface area (Å²) in [5.41, 5.74) is 10.2. The van der Waals surface area contributed by atoms with Gasteiger partial charge < -0.3 is 10.6 Å². The molecule has 0 aliphatic carbocycles. The molecule has 2 aliphatic rings. The topological polar surface area (TPSA) is 29.3 Å². The molecule has 1 aromatic carbocycles. The van der Waals surface area contributed by atoms with Gasteiger partial charge >= 0.3 is 0 Å². The molecule has 3 rings (SSSR count). The number of fused-ring (bicyclic) bond motifs is 2. The van der Waals surface area contributed by atoms with Crippen molar-refractivity contribution in [3.8, 4) is 0 Å². The monoisotopic (exact) mass is 308 g/mol. The summed E-state index contributed by atoms with van der Waals surface area (Å²) in [5.74, 6) is 0. The zero-order valence-electron chi connectivity index (χ0n) is 11.1. The fraction of sp³-hybridized carbons (Fsp3) is 0.600. The number of halogens is 1. The maximum absolute atomic E-state index is 6.15. The van der Waals surface area contributed by atoms with Gasteiger partial charge in [0, 0.05) is 28.3 Å². The molecule has 2 fully saturated rings. The van der Waals surface area contributed by atoms with E-state index in [4.69, 9.17) is 5.73 Å². The van der Waals surface area contributed by atoms with E-state index in [1.54, 1.807) is 0 Å². The Morgan fingerprint density at radius 1 is 1.11 bits per heavy atom. The smallest absolute Gasteiger partial charge is 0.0377 e. The Morgan fingerprint density at radius 2 is 1.61 bits per heavy atom. The summed E-state index contributed by atoms with van der Waals surface area (Å²) in [6, 6.07) is 6.38. The van der Waals surface area contributed by atoms with Crippen LogP contribution in [0.25, 0.3) is 0 Å². The zero-order chi connectivity index (χ0) is 12.9. The number of anilines is 1. The Balaban J connectivity index is 1.96. The van der Waals surface area contributed by atoms with Gasteiger partial charge in [0.25, 0.3) is 0 Å². The number of aryl methyl sites for hydroxylation is 2. The normalized spacial score (nSPS) is 30.9. The van der Waals surface area contributed by atoms with Crippen molar-refractivity contribution in [2.24, 2.45) is 5.73 Å². The van der Waals surface area contributed by atoms with Crippen LogP contribution in [-0.2, 0) is 0 Å². The minimum absolute atomic E-state index is 0.413. The van der Waals surface area contributed by atoms with Crippen molar-refractivity contribution >= 4 is 21.6 Å². The molecule has 0 aromatic heterocycles.